The van der Waals surface area contributed by atoms with Crippen molar-refractivity contribution >= 4 is 46.4 Å². The number of anilines is 1. The fourth-order valence-electron chi connectivity index (χ4n) is 2.83. The summed E-state index contributed by atoms with van der Waals surface area (Å²) in [6.45, 7) is 0.130. The third-order valence-electron chi connectivity index (χ3n) is 4.30. The third-order valence-corrected chi connectivity index (χ3v) is 5.20. The smallest absolute Gasteiger partial charge is 0.273 e. The van der Waals surface area contributed by atoms with Crippen LogP contribution in [0.5, 0.6) is 0 Å². The van der Waals surface area contributed by atoms with E-state index in [2.05, 4.69) is 20.6 Å². The number of nitrogens with one attached hydrogen (secondary N) is 2. The van der Waals surface area contributed by atoms with Crippen molar-refractivity contribution in [2.45, 2.75) is 6.54 Å². The van der Waals surface area contributed by atoms with Gasteiger partial charge in [0.05, 0.1) is 29.1 Å². The molecule has 2 aromatic heterocycles. The van der Waals surface area contributed by atoms with E-state index in [1.165, 1.54) is 23.0 Å². The Hall–Kier alpha value is -2.87. The highest BCUT2D eigenvalue weighted by molar-refractivity contribution is 6.36. The van der Waals surface area contributed by atoms with Gasteiger partial charge in [0.2, 0.25) is 0 Å². The van der Waals surface area contributed by atoms with E-state index in [0.717, 1.165) is 0 Å². The minimum Gasteiger partial charge on any atom is -0.318 e. The zero-order valence-electron chi connectivity index (χ0n) is 15.2. The van der Waals surface area contributed by atoms with Crippen molar-refractivity contribution in [1.29, 1.82) is 0 Å². The minimum absolute atomic E-state index is 0.130. The van der Waals surface area contributed by atoms with Gasteiger partial charge in [0, 0.05) is 27.4 Å². The van der Waals surface area contributed by atoms with E-state index in [1.54, 1.807) is 36.5 Å². The van der Waals surface area contributed by atoms with Crippen LogP contribution < -0.4 is 5.32 Å². The van der Waals surface area contributed by atoms with Crippen molar-refractivity contribution < 1.29 is 9.18 Å². The van der Waals surface area contributed by atoms with Crippen molar-refractivity contribution in [3.63, 3.8) is 0 Å². The Morgan fingerprint density at radius 3 is 2.73 bits per heavy atom. The number of benzene rings is 2. The van der Waals surface area contributed by atoms with Gasteiger partial charge in [-0.15, -0.1) is 0 Å². The lowest BCUT2D eigenvalue weighted by molar-refractivity contribution is 0.102. The van der Waals surface area contributed by atoms with Crippen LogP contribution in [0, 0.1) is 5.82 Å². The predicted molar refractivity (Wildman–Crippen MR) is 115 cm³/mol. The Labute approximate surface area is 185 Å². The lowest BCUT2D eigenvalue weighted by Gasteiger charge is -2.05. The first kappa shape index (κ1) is 20.4. The Balaban J connectivity index is 1.47. The molecular formula is C20H13Cl3FN5O. The quantitative estimate of drug-likeness (QED) is 0.399. The second-order valence-corrected chi connectivity index (χ2v) is 7.62. The highest BCUT2D eigenvalue weighted by atomic mass is 35.5. The molecule has 0 saturated carbocycles. The number of carbonyl (C=O) groups excluding carboxylic acids is 1. The van der Waals surface area contributed by atoms with Gasteiger partial charge in [0.25, 0.3) is 5.91 Å². The molecule has 6 nitrogen and oxygen atoms in total. The highest BCUT2D eigenvalue weighted by Crippen LogP contribution is 2.29. The average Bonchev–Trinajstić information content (AvgIpc) is 3.35. The average molecular weight is 465 g/mol. The van der Waals surface area contributed by atoms with E-state index < -0.39 is 11.7 Å². The van der Waals surface area contributed by atoms with Crippen LogP contribution in [0.25, 0.3) is 11.3 Å². The monoisotopic (exact) mass is 463 g/mol. The lowest BCUT2D eigenvalue weighted by Crippen LogP contribution is -2.12. The van der Waals surface area contributed by atoms with Crippen LogP contribution in [-0.2, 0) is 6.54 Å². The van der Waals surface area contributed by atoms with Gasteiger partial charge in [-0.05, 0) is 36.4 Å². The van der Waals surface area contributed by atoms with Crippen LogP contribution >= 0.6 is 34.8 Å². The Kier molecular flexibility index (Phi) is 5.76. The van der Waals surface area contributed by atoms with Crippen LogP contribution in [0.15, 0.2) is 54.9 Å². The lowest BCUT2D eigenvalue weighted by atomic mass is 10.1. The molecule has 0 saturated heterocycles. The molecule has 0 fully saturated rings. The van der Waals surface area contributed by atoms with Gasteiger partial charge in [-0.1, -0.05) is 40.9 Å². The van der Waals surface area contributed by atoms with Gasteiger partial charge in [0.15, 0.2) is 0 Å². The molecule has 4 rings (SSSR count). The van der Waals surface area contributed by atoms with Crippen molar-refractivity contribution in [3.05, 3.63) is 87.0 Å². The number of nitrogens with zero attached hydrogens (tertiary/aromatic N) is 3. The standard InChI is InChI=1S/C20H13Cl3FN5O/c21-11-4-5-13(16(23)6-11)18-7-19(28-27-18)20(30)26-12-8-25-29(9-12)10-14-15(22)2-1-3-17(14)24/h1-9H,10H2,(H,26,30)(H,27,28). The highest BCUT2D eigenvalue weighted by Gasteiger charge is 2.15. The van der Waals surface area contributed by atoms with Gasteiger partial charge in [-0.2, -0.15) is 10.2 Å². The summed E-state index contributed by atoms with van der Waals surface area (Å²) in [5, 5.41) is 14.9. The number of carbonyl (C=O) groups is 1. The molecule has 2 heterocycles. The molecule has 1 amide bonds. The summed E-state index contributed by atoms with van der Waals surface area (Å²) in [5.74, 6) is -0.836. The first-order valence-electron chi connectivity index (χ1n) is 8.68. The fraction of sp³-hybridized carbons (Fsp3) is 0.0500. The topological polar surface area (TPSA) is 75.6 Å². The zero-order valence-corrected chi connectivity index (χ0v) is 17.4. The molecule has 152 valence electrons. The van der Waals surface area contributed by atoms with Gasteiger partial charge < -0.3 is 5.32 Å². The van der Waals surface area contributed by atoms with E-state index in [-0.39, 0.29) is 12.2 Å². The second-order valence-electron chi connectivity index (χ2n) is 6.37. The van der Waals surface area contributed by atoms with Crippen LogP contribution in [-0.4, -0.2) is 25.9 Å². The number of hydrogen-bond donors (Lipinski definition) is 2. The van der Waals surface area contributed by atoms with E-state index >= 15 is 0 Å². The maximum Gasteiger partial charge on any atom is 0.273 e. The molecule has 0 aliphatic rings. The van der Waals surface area contributed by atoms with Crippen molar-refractivity contribution in [2.75, 3.05) is 5.32 Å². The molecule has 0 aliphatic carbocycles. The van der Waals surface area contributed by atoms with Crippen molar-refractivity contribution in [1.82, 2.24) is 20.0 Å². The van der Waals surface area contributed by atoms with E-state index in [4.69, 9.17) is 34.8 Å². The fourth-order valence-corrected chi connectivity index (χ4v) is 3.56. The Morgan fingerprint density at radius 2 is 1.97 bits per heavy atom. The van der Waals surface area contributed by atoms with Crippen molar-refractivity contribution in [2.24, 2.45) is 0 Å². The molecule has 10 heteroatoms. The van der Waals surface area contributed by atoms with Crippen molar-refractivity contribution in [3.8, 4) is 11.3 Å². The van der Waals surface area contributed by atoms with Gasteiger partial charge in [-0.25, -0.2) is 4.39 Å². The predicted octanol–water partition coefficient (Wildman–Crippen LogP) is 5.67. The molecule has 0 radical (unpaired) electrons. The summed E-state index contributed by atoms with van der Waals surface area (Å²) < 4.78 is 15.4. The number of halogens is 4. The van der Waals surface area contributed by atoms with E-state index in [9.17, 15) is 9.18 Å². The van der Waals surface area contributed by atoms with E-state index in [0.29, 0.717) is 37.6 Å². The number of H-pyrrole nitrogens is 1. The largest absolute Gasteiger partial charge is 0.318 e. The summed E-state index contributed by atoms with van der Waals surface area (Å²) in [5.41, 5.74) is 2.14. The SMILES string of the molecule is O=C(Nc1cnn(Cc2c(F)cccc2Cl)c1)c1cc(-c2ccc(Cl)cc2Cl)n[nH]1. The molecule has 0 unspecified atom stereocenters. The second kappa shape index (κ2) is 8.47. The summed E-state index contributed by atoms with van der Waals surface area (Å²) in [7, 11) is 0. The van der Waals surface area contributed by atoms with Gasteiger partial charge in [0.1, 0.15) is 11.5 Å². The summed E-state index contributed by atoms with van der Waals surface area (Å²) in [4.78, 5) is 12.5. The van der Waals surface area contributed by atoms with Gasteiger partial charge in [-0.3, -0.25) is 14.6 Å². The molecule has 4 aromatic rings. The maximum atomic E-state index is 13.9. The Morgan fingerprint density at radius 1 is 1.13 bits per heavy atom. The van der Waals surface area contributed by atoms with Gasteiger partial charge >= 0.3 is 0 Å². The third kappa shape index (κ3) is 4.33. The number of amides is 1. The molecule has 0 spiro atoms. The normalized spacial score (nSPS) is 10.9. The molecule has 0 atom stereocenters. The number of aromatic nitrogens is 4. The van der Waals surface area contributed by atoms with E-state index in [1.807, 2.05) is 0 Å². The van der Waals surface area contributed by atoms with Crippen LogP contribution in [0.4, 0.5) is 10.1 Å². The molecular weight excluding hydrogens is 452 g/mol. The molecule has 2 N–H and O–H groups in total. The first-order chi connectivity index (χ1) is 14.4. The summed E-state index contributed by atoms with van der Waals surface area (Å²) >= 11 is 18.1. The van der Waals surface area contributed by atoms with Crippen LogP contribution in [0.3, 0.4) is 0 Å². The first-order valence-corrected chi connectivity index (χ1v) is 9.81. The Bertz CT molecular complexity index is 1220. The summed E-state index contributed by atoms with van der Waals surface area (Å²) in [6.07, 6.45) is 3.04. The molecule has 0 aliphatic heterocycles. The maximum absolute atomic E-state index is 13.9. The number of aromatic amines is 1. The number of rotatable bonds is 5. The van der Waals surface area contributed by atoms with Crippen LogP contribution in [0.1, 0.15) is 16.1 Å². The molecule has 30 heavy (non-hydrogen) atoms. The summed E-state index contributed by atoms with van der Waals surface area (Å²) in [6, 6.07) is 11.1. The molecule has 0 bridgehead atoms. The number of hydrogen-bond acceptors (Lipinski definition) is 3. The molecule has 2 aromatic carbocycles. The van der Waals surface area contributed by atoms with Crippen LogP contribution in [0.2, 0.25) is 15.1 Å². The zero-order chi connectivity index (χ0) is 21.3. The minimum atomic E-state index is -0.422.